The summed E-state index contributed by atoms with van der Waals surface area (Å²) in [5, 5.41) is 132. The molecule has 4 rings (SSSR count). The number of ether oxygens (including phenoxy) is 7. The molecule has 44 heavy (non-hydrogen) atoms. The quantitative estimate of drug-likeness (QED) is 0.110. The predicted molar refractivity (Wildman–Crippen MR) is 132 cm³/mol. The third kappa shape index (κ3) is 7.19. The second-order valence-corrected chi connectivity index (χ2v) is 11.2. The average molecular weight is 651 g/mol. The van der Waals surface area contributed by atoms with Gasteiger partial charge in [-0.2, -0.15) is 0 Å². The van der Waals surface area contributed by atoms with Gasteiger partial charge in [0.15, 0.2) is 25.2 Å². The number of rotatable bonds is 9. The molecule has 13 N–H and O–H groups in total. The van der Waals surface area contributed by atoms with E-state index in [1.54, 1.807) is 0 Å². The summed E-state index contributed by atoms with van der Waals surface area (Å²) in [5.74, 6) is 0. The third-order valence-corrected chi connectivity index (χ3v) is 8.15. The Kier molecular flexibility index (Phi) is 12.3. The summed E-state index contributed by atoms with van der Waals surface area (Å²) in [6.45, 7) is -0.895. The molecule has 258 valence electrons. The van der Waals surface area contributed by atoms with Crippen molar-refractivity contribution in [2.75, 3.05) is 19.8 Å². The maximum Gasteiger partial charge on any atom is 0.187 e. The van der Waals surface area contributed by atoms with Crippen LogP contribution in [0.5, 0.6) is 0 Å². The fourth-order valence-corrected chi connectivity index (χ4v) is 5.37. The summed E-state index contributed by atoms with van der Waals surface area (Å²) in [5.41, 5.74) is 0. The van der Waals surface area contributed by atoms with Crippen molar-refractivity contribution in [2.24, 2.45) is 0 Å². The second-order valence-electron chi connectivity index (χ2n) is 11.2. The first kappa shape index (κ1) is 36.0. The van der Waals surface area contributed by atoms with E-state index in [2.05, 4.69) is 0 Å². The Morgan fingerprint density at radius 3 is 1.45 bits per heavy atom. The number of aliphatic hydroxyl groups is 13. The highest BCUT2D eigenvalue weighted by Crippen LogP contribution is 2.33. The Morgan fingerprint density at radius 1 is 0.455 bits per heavy atom. The van der Waals surface area contributed by atoms with E-state index < -0.39 is 143 Å². The molecule has 0 unspecified atom stereocenters. The molecule has 20 nitrogen and oxygen atoms in total. The van der Waals surface area contributed by atoms with Crippen LogP contribution < -0.4 is 0 Å². The Hall–Kier alpha value is -0.800. The lowest BCUT2D eigenvalue weighted by molar-refractivity contribution is -0.386. The molecule has 4 aliphatic rings. The van der Waals surface area contributed by atoms with Gasteiger partial charge in [-0.25, -0.2) is 0 Å². The molecule has 0 aromatic rings. The minimum Gasteiger partial charge on any atom is -0.394 e. The molecule has 4 saturated heterocycles. The Bertz CT molecular complexity index is 896. The van der Waals surface area contributed by atoms with Crippen LogP contribution in [0.3, 0.4) is 0 Å². The summed E-state index contributed by atoms with van der Waals surface area (Å²) in [6.07, 6.45) is -34.1. The zero-order valence-corrected chi connectivity index (χ0v) is 23.3. The van der Waals surface area contributed by atoms with Crippen molar-refractivity contribution in [3.63, 3.8) is 0 Å². The van der Waals surface area contributed by atoms with Gasteiger partial charge >= 0.3 is 0 Å². The molecular weight excluding hydrogens is 608 g/mol. The van der Waals surface area contributed by atoms with Crippen molar-refractivity contribution in [2.45, 2.75) is 130 Å². The Morgan fingerprint density at radius 2 is 0.909 bits per heavy atom. The molecule has 4 fully saturated rings. The molecular formula is C24H42O20. The fourth-order valence-electron chi connectivity index (χ4n) is 5.37. The van der Waals surface area contributed by atoms with E-state index >= 15 is 0 Å². The second kappa shape index (κ2) is 15.0. The minimum atomic E-state index is -2.05. The fraction of sp³-hybridized carbons (Fsp3) is 1.00. The Balaban J connectivity index is 1.54. The molecule has 0 amide bonds. The SMILES string of the molecule is C[C@@H]1O[C@@H](O[C@H]2[C@H](O)[C@@H](O[C@@H]3O[C@H](CO)[C@@H](O)[C@H](O)[C@H]3O)[C@H](O)O[C@@H]2CO[C@@H]2O[C@H](CO)[C@@H](O)[C@H](O)[C@H]2O)[C@H](O)[C@@H](O)[C@H]1O. The van der Waals surface area contributed by atoms with Gasteiger partial charge in [-0.05, 0) is 6.92 Å². The zero-order chi connectivity index (χ0) is 32.6. The van der Waals surface area contributed by atoms with Crippen molar-refractivity contribution < 1.29 is 99.5 Å². The van der Waals surface area contributed by atoms with Gasteiger partial charge in [0, 0.05) is 0 Å². The monoisotopic (exact) mass is 650 g/mol. The zero-order valence-electron chi connectivity index (χ0n) is 23.3. The molecule has 4 heterocycles. The largest absolute Gasteiger partial charge is 0.394 e. The summed E-state index contributed by atoms with van der Waals surface area (Å²) >= 11 is 0. The lowest BCUT2D eigenvalue weighted by atomic mass is 9.96. The first-order valence-corrected chi connectivity index (χ1v) is 14.0. The minimum absolute atomic E-state index is 0.697. The molecule has 0 saturated carbocycles. The molecule has 0 aromatic carbocycles. The van der Waals surface area contributed by atoms with Gasteiger partial charge in [-0.3, -0.25) is 0 Å². The van der Waals surface area contributed by atoms with Crippen LogP contribution in [-0.4, -0.2) is 209 Å². The first-order valence-electron chi connectivity index (χ1n) is 14.0. The van der Waals surface area contributed by atoms with E-state index in [0.29, 0.717) is 0 Å². The number of hydrogen-bond acceptors (Lipinski definition) is 20. The standard InChI is InChI=1S/C24H42O20/c1-5-9(27)12(30)16(34)23(39-5)43-19-8(4-38-22-15(33)13(31)10(28)6(2-25)41-22)40-21(37)20(18(19)36)44-24-17(35)14(32)11(29)7(3-26)42-24/h5-37H,2-4H2,1H3/t5-,6+,7+,8+,9-,10+,11+,12-,13-,14-,15+,16+,17+,18-,19+,20+,21+,22+,23-,24-/m0/s1. The lowest BCUT2D eigenvalue weighted by Crippen LogP contribution is -2.66. The van der Waals surface area contributed by atoms with Crippen LogP contribution in [0.25, 0.3) is 0 Å². The van der Waals surface area contributed by atoms with Gasteiger partial charge in [-0.15, -0.1) is 0 Å². The van der Waals surface area contributed by atoms with Gasteiger partial charge in [0.25, 0.3) is 0 Å². The maximum absolute atomic E-state index is 11.3. The first-order chi connectivity index (χ1) is 20.7. The third-order valence-electron chi connectivity index (χ3n) is 8.15. The van der Waals surface area contributed by atoms with Crippen molar-refractivity contribution in [1.29, 1.82) is 0 Å². The molecule has 0 spiro atoms. The Labute approximate surface area is 249 Å². The topological polar surface area (TPSA) is 328 Å². The van der Waals surface area contributed by atoms with Crippen molar-refractivity contribution in [3.05, 3.63) is 0 Å². The maximum atomic E-state index is 11.3. The van der Waals surface area contributed by atoms with Gasteiger partial charge in [-0.1, -0.05) is 0 Å². The van der Waals surface area contributed by atoms with Crippen molar-refractivity contribution in [1.82, 2.24) is 0 Å². The predicted octanol–water partition coefficient (Wildman–Crippen LogP) is -8.72. The van der Waals surface area contributed by atoms with Crippen LogP contribution in [-0.2, 0) is 33.2 Å². The van der Waals surface area contributed by atoms with E-state index in [1.165, 1.54) is 6.92 Å². The molecule has 20 heteroatoms. The molecule has 20 atom stereocenters. The van der Waals surface area contributed by atoms with Crippen molar-refractivity contribution in [3.8, 4) is 0 Å². The van der Waals surface area contributed by atoms with Crippen LogP contribution in [0, 0.1) is 0 Å². The summed E-state index contributed by atoms with van der Waals surface area (Å²) < 4.78 is 38.2. The number of aliphatic hydroxyl groups excluding tert-OH is 13. The van der Waals surface area contributed by atoms with Gasteiger partial charge < -0.3 is 99.5 Å². The normalized spacial score (nSPS) is 53.9. The summed E-state index contributed by atoms with van der Waals surface area (Å²) in [4.78, 5) is 0. The van der Waals surface area contributed by atoms with Gasteiger partial charge in [0.2, 0.25) is 0 Å². The van der Waals surface area contributed by atoms with Crippen molar-refractivity contribution >= 4 is 0 Å². The molecule has 0 aliphatic carbocycles. The highest BCUT2D eigenvalue weighted by Gasteiger charge is 2.54. The van der Waals surface area contributed by atoms with Crippen LogP contribution in [0.1, 0.15) is 6.92 Å². The molecule has 0 aromatic heterocycles. The van der Waals surface area contributed by atoms with E-state index in [-0.39, 0.29) is 0 Å². The summed E-state index contributed by atoms with van der Waals surface area (Å²) in [6, 6.07) is 0. The van der Waals surface area contributed by atoms with Crippen LogP contribution in [0.15, 0.2) is 0 Å². The van der Waals surface area contributed by atoms with E-state index in [4.69, 9.17) is 33.2 Å². The van der Waals surface area contributed by atoms with Crippen LogP contribution in [0.2, 0.25) is 0 Å². The summed E-state index contributed by atoms with van der Waals surface area (Å²) in [7, 11) is 0. The lowest BCUT2D eigenvalue weighted by Gasteiger charge is -2.48. The average Bonchev–Trinajstić information content (AvgIpc) is 3.00. The molecule has 0 bridgehead atoms. The van der Waals surface area contributed by atoms with Crippen LogP contribution in [0.4, 0.5) is 0 Å². The smallest absolute Gasteiger partial charge is 0.187 e. The van der Waals surface area contributed by atoms with E-state index in [9.17, 15) is 66.4 Å². The number of hydrogen-bond donors (Lipinski definition) is 13. The molecule has 4 aliphatic heterocycles. The van der Waals surface area contributed by atoms with Gasteiger partial charge in [0.1, 0.15) is 91.6 Å². The van der Waals surface area contributed by atoms with E-state index in [1.807, 2.05) is 0 Å². The molecule has 0 radical (unpaired) electrons. The van der Waals surface area contributed by atoms with Gasteiger partial charge in [0.05, 0.1) is 25.9 Å². The van der Waals surface area contributed by atoms with Crippen LogP contribution >= 0.6 is 0 Å². The van der Waals surface area contributed by atoms with E-state index in [0.717, 1.165) is 0 Å². The highest BCUT2D eigenvalue weighted by atomic mass is 16.8. The highest BCUT2D eigenvalue weighted by molar-refractivity contribution is 4.96.